The molecule has 1 aliphatic carbocycles. The van der Waals surface area contributed by atoms with E-state index in [1.54, 1.807) is 0 Å². The van der Waals surface area contributed by atoms with E-state index in [-0.39, 0.29) is 23.6 Å². The van der Waals surface area contributed by atoms with Crippen molar-refractivity contribution in [2.75, 3.05) is 19.6 Å². The fourth-order valence-corrected chi connectivity index (χ4v) is 4.94. The van der Waals surface area contributed by atoms with Crippen LogP contribution in [0.4, 0.5) is 0 Å². The van der Waals surface area contributed by atoms with Crippen LogP contribution in [0.25, 0.3) is 0 Å². The van der Waals surface area contributed by atoms with Crippen LogP contribution in [-0.4, -0.2) is 50.2 Å². The molecule has 1 atom stereocenters. The number of nitrogens with zero attached hydrogens (tertiary/aromatic N) is 1. The number of carbonyl (C=O) groups excluding carboxylic acids is 1. The number of amides is 1. The number of carbonyl (C=O) groups is 1. The quantitative estimate of drug-likeness (QED) is 0.665. The first-order valence-corrected chi connectivity index (χ1v) is 10.1. The molecule has 0 aromatic heterocycles. The summed E-state index contributed by atoms with van der Waals surface area (Å²) in [4.78, 5) is 13.9. The highest BCUT2D eigenvalue weighted by Crippen LogP contribution is 2.23. The van der Waals surface area contributed by atoms with Crippen LogP contribution >= 0.6 is 12.4 Å². The number of likely N-dealkylation sites (tertiary alicyclic amines) is 1. The largest absolute Gasteiger partial charge is 0.341 e. The van der Waals surface area contributed by atoms with Crippen LogP contribution in [-0.2, 0) is 14.8 Å². The minimum atomic E-state index is -3.20. The predicted molar refractivity (Wildman–Crippen MR) is 94.1 cm³/mol. The van der Waals surface area contributed by atoms with Gasteiger partial charge in [0.1, 0.15) is 0 Å². The molecule has 2 rings (SSSR count). The molecule has 1 aliphatic heterocycles. The topological polar surface area (TPSA) is 92.5 Å². The third-order valence-electron chi connectivity index (χ3n) is 4.72. The van der Waals surface area contributed by atoms with Crippen molar-refractivity contribution in [2.24, 2.45) is 5.73 Å². The van der Waals surface area contributed by atoms with Gasteiger partial charge in [0.2, 0.25) is 15.9 Å². The molecule has 136 valence electrons. The van der Waals surface area contributed by atoms with Crippen LogP contribution in [0.1, 0.15) is 57.8 Å². The number of sulfonamides is 1. The summed E-state index contributed by atoms with van der Waals surface area (Å²) in [7, 11) is -3.20. The van der Waals surface area contributed by atoms with Crippen molar-refractivity contribution < 1.29 is 13.2 Å². The Labute approximate surface area is 146 Å². The van der Waals surface area contributed by atoms with Gasteiger partial charge in [-0.05, 0) is 38.5 Å². The number of halogens is 1. The minimum Gasteiger partial charge on any atom is -0.341 e. The zero-order valence-electron chi connectivity index (χ0n) is 13.7. The van der Waals surface area contributed by atoms with Gasteiger partial charge in [0.25, 0.3) is 0 Å². The highest BCUT2D eigenvalue weighted by Gasteiger charge is 2.27. The van der Waals surface area contributed by atoms with E-state index >= 15 is 0 Å². The van der Waals surface area contributed by atoms with Crippen molar-refractivity contribution >= 4 is 28.3 Å². The summed E-state index contributed by atoms with van der Waals surface area (Å²) >= 11 is 0. The molecule has 0 bridgehead atoms. The van der Waals surface area contributed by atoms with Gasteiger partial charge in [-0.15, -0.1) is 12.4 Å². The molecule has 2 aliphatic rings. The molecule has 1 unspecified atom stereocenters. The average molecular weight is 368 g/mol. The van der Waals surface area contributed by atoms with Crippen molar-refractivity contribution in [2.45, 2.75) is 69.1 Å². The second kappa shape index (κ2) is 9.81. The summed E-state index contributed by atoms with van der Waals surface area (Å²) in [6.07, 6.45) is 7.92. The van der Waals surface area contributed by atoms with E-state index in [9.17, 15) is 13.2 Å². The van der Waals surface area contributed by atoms with E-state index in [2.05, 4.69) is 4.72 Å². The first-order valence-electron chi connectivity index (χ1n) is 8.53. The second-order valence-electron chi connectivity index (χ2n) is 6.48. The summed E-state index contributed by atoms with van der Waals surface area (Å²) in [6.45, 7) is 1.99. The lowest BCUT2D eigenvalue weighted by Crippen LogP contribution is -2.43. The highest BCUT2D eigenvalue weighted by molar-refractivity contribution is 7.90. The smallest absolute Gasteiger partial charge is 0.239 e. The maximum atomic E-state index is 12.2. The van der Waals surface area contributed by atoms with E-state index in [4.69, 9.17) is 5.73 Å². The van der Waals surface area contributed by atoms with E-state index in [0.29, 0.717) is 19.4 Å². The van der Waals surface area contributed by atoms with Crippen LogP contribution in [0, 0.1) is 0 Å². The van der Waals surface area contributed by atoms with Crippen LogP contribution in [0.5, 0.6) is 0 Å². The Morgan fingerprint density at radius 3 is 2.35 bits per heavy atom. The molecule has 8 heteroatoms. The normalized spacial score (nSPS) is 21.0. The maximum Gasteiger partial charge on any atom is 0.239 e. The molecule has 1 heterocycles. The van der Waals surface area contributed by atoms with Crippen LogP contribution in [0.2, 0.25) is 0 Å². The van der Waals surface area contributed by atoms with Gasteiger partial charge in [-0.2, -0.15) is 0 Å². The zero-order valence-corrected chi connectivity index (χ0v) is 15.3. The monoisotopic (exact) mass is 367 g/mol. The van der Waals surface area contributed by atoms with Crippen molar-refractivity contribution in [1.29, 1.82) is 0 Å². The Bertz CT molecular complexity index is 461. The lowest BCUT2D eigenvalue weighted by molar-refractivity contribution is -0.131. The van der Waals surface area contributed by atoms with Gasteiger partial charge >= 0.3 is 0 Å². The second-order valence-corrected chi connectivity index (χ2v) is 8.53. The van der Waals surface area contributed by atoms with Gasteiger partial charge in [-0.3, -0.25) is 4.79 Å². The summed E-state index contributed by atoms with van der Waals surface area (Å²) in [5.74, 6) is 0.00707. The number of rotatable bonds is 7. The third kappa shape index (κ3) is 6.21. The molecule has 0 aromatic rings. The lowest BCUT2D eigenvalue weighted by Gasteiger charge is -2.22. The van der Waals surface area contributed by atoms with Gasteiger partial charge in [0.05, 0.1) is 11.3 Å². The maximum absolute atomic E-state index is 12.2. The van der Waals surface area contributed by atoms with Gasteiger partial charge < -0.3 is 10.6 Å². The highest BCUT2D eigenvalue weighted by atomic mass is 35.5. The fraction of sp³-hybridized carbons (Fsp3) is 0.933. The number of hydrogen-bond acceptors (Lipinski definition) is 4. The van der Waals surface area contributed by atoms with E-state index in [1.807, 2.05) is 4.90 Å². The van der Waals surface area contributed by atoms with E-state index < -0.39 is 16.1 Å². The van der Waals surface area contributed by atoms with Crippen LogP contribution in [0.15, 0.2) is 0 Å². The zero-order chi connectivity index (χ0) is 16.0. The Morgan fingerprint density at radius 1 is 1.13 bits per heavy atom. The molecule has 23 heavy (non-hydrogen) atoms. The van der Waals surface area contributed by atoms with Crippen LogP contribution in [0.3, 0.4) is 0 Å². The molecule has 3 N–H and O–H groups in total. The number of hydrogen-bond donors (Lipinski definition) is 2. The Balaban J connectivity index is 0.00000264. The number of nitrogens with one attached hydrogen (secondary N) is 1. The summed E-state index contributed by atoms with van der Waals surface area (Å²) < 4.78 is 27.0. The fourth-order valence-electron chi connectivity index (χ4n) is 3.33. The number of nitrogens with two attached hydrogens (primary N) is 1. The van der Waals surface area contributed by atoms with Crippen molar-refractivity contribution in [1.82, 2.24) is 9.62 Å². The molecule has 2 fully saturated rings. The summed E-state index contributed by atoms with van der Waals surface area (Å²) in [5, 5.41) is -0.235. The van der Waals surface area contributed by atoms with Gasteiger partial charge in [-0.25, -0.2) is 13.1 Å². The molecule has 0 radical (unpaired) electrons. The molecule has 1 saturated carbocycles. The first kappa shape index (κ1) is 20.7. The van der Waals surface area contributed by atoms with Crippen molar-refractivity contribution in [3.63, 3.8) is 0 Å². The molecule has 0 spiro atoms. The minimum absolute atomic E-state index is 0. The standard InChI is InChI=1S/C15H29N3O3S.ClH/c16-14(15(19)18-11-4-5-12-18)9-6-10-17-22(20,21)13-7-2-1-3-8-13;/h13-14,17H,1-12,16H2;1H. The Morgan fingerprint density at radius 2 is 1.74 bits per heavy atom. The van der Waals surface area contributed by atoms with Gasteiger partial charge in [-0.1, -0.05) is 19.3 Å². The molecular formula is C15H30ClN3O3S. The van der Waals surface area contributed by atoms with E-state index in [1.165, 1.54) is 0 Å². The SMILES string of the molecule is Cl.NC(CCCNS(=O)(=O)C1CCCCC1)C(=O)N1CCCC1. The molecule has 1 saturated heterocycles. The molecule has 1 amide bonds. The third-order valence-corrected chi connectivity index (χ3v) is 6.68. The van der Waals surface area contributed by atoms with Gasteiger partial charge in [0.15, 0.2) is 0 Å². The molecule has 0 aromatic carbocycles. The van der Waals surface area contributed by atoms with E-state index in [0.717, 1.165) is 58.0 Å². The molecule has 6 nitrogen and oxygen atoms in total. The molecular weight excluding hydrogens is 338 g/mol. The average Bonchev–Trinajstić information content (AvgIpc) is 3.06. The predicted octanol–water partition coefficient (Wildman–Crippen LogP) is 1.39. The summed E-state index contributed by atoms with van der Waals surface area (Å²) in [6, 6.07) is -0.503. The van der Waals surface area contributed by atoms with Gasteiger partial charge in [0, 0.05) is 19.6 Å². The van der Waals surface area contributed by atoms with Crippen molar-refractivity contribution in [3.8, 4) is 0 Å². The Hall–Kier alpha value is -0.370. The first-order chi connectivity index (χ1) is 10.5. The summed E-state index contributed by atoms with van der Waals surface area (Å²) in [5.41, 5.74) is 5.92. The Kier molecular flexibility index (Phi) is 8.82. The van der Waals surface area contributed by atoms with Crippen molar-refractivity contribution in [3.05, 3.63) is 0 Å². The lowest BCUT2D eigenvalue weighted by atomic mass is 10.0. The van der Waals surface area contributed by atoms with Crippen LogP contribution < -0.4 is 10.5 Å².